The Kier molecular flexibility index (Phi) is 3.76. The van der Waals surface area contributed by atoms with Gasteiger partial charge in [-0.3, -0.25) is 0 Å². The molecule has 0 fully saturated rings. The number of rotatable bonds is 4. The molecule has 0 saturated carbocycles. The third-order valence-corrected chi connectivity index (χ3v) is 3.70. The Morgan fingerprint density at radius 3 is 2.82 bits per heavy atom. The summed E-state index contributed by atoms with van der Waals surface area (Å²) in [5.41, 5.74) is 0.910. The summed E-state index contributed by atoms with van der Waals surface area (Å²) in [6, 6.07) is 7.58. The molecule has 0 saturated heterocycles. The third kappa shape index (κ3) is 3.05. The molecule has 1 heterocycles. The van der Waals surface area contributed by atoms with E-state index in [4.69, 9.17) is 0 Å². The second-order valence-electron chi connectivity index (χ2n) is 4.04. The quantitative estimate of drug-likeness (QED) is 0.874. The van der Waals surface area contributed by atoms with Crippen molar-refractivity contribution in [3.05, 3.63) is 45.9 Å². The molecule has 1 aromatic heterocycles. The largest absolute Gasteiger partial charge is 0.508 e. The van der Waals surface area contributed by atoms with Crippen LogP contribution < -0.4 is 5.32 Å². The zero-order valence-corrected chi connectivity index (χ0v) is 10.8. The molecule has 3 nitrogen and oxygen atoms in total. The lowest BCUT2D eigenvalue weighted by Crippen LogP contribution is -2.17. The first-order valence-corrected chi connectivity index (χ1v) is 6.41. The van der Waals surface area contributed by atoms with E-state index in [0.29, 0.717) is 12.3 Å². The summed E-state index contributed by atoms with van der Waals surface area (Å²) in [5.74, 6) is 0.336. The van der Waals surface area contributed by atoms with Crippen LogP contribution in [0.4, 0.5) is 0 Å². The monoisotopic (exact) mass is 248 g/mol. The van der Waals surface area contributed by atoms with Gasteiger partial charge in [0, 0.05) is 23.2 Å². The Balaban J connectivity index is 1.97. The van der Waals surface area contributed by atoms with Gasteiger partial charge in [-0.25, -0.2) is 4.98 Å². The van der Waals surface area contributed by atoms with Crippen LogP contribution in [0.25, 0.3) is 0 Å². The second-order valence-corrected chi connectivity index (χ2v) is 5.31. The van der Waals surface area contributed by atoms with Crippen molar-refractivity contribution in [2.75, 3.05) is 0 Å². The van der Waals surface area contributed by atoms with Crippen molar-refractivity contribution in [1.82, 2.24) is 10.3 Å². The molecule has 0 aliphatic rings. The molecule has 0 amide bonds. The number of nitrogens with one attached hydrogen (secondary N) is 1. The molecule has 0 bridgehead atoms. The number of thiazole rings is 1. The van der Waals surface area contributed by atoms with Gasteiger partial charge in [0.2, 0.25) is 0 Å². The molecule has 90 valence electrons. The number of phenolic OH excluding ortho intramolecular Hbond substituents is 1. The first kappa shape index (κ1) is 12.1. The Bertz CT molecular complexity index is 496. The lowest BCUT2D eigenvalue weighted by molar-refractivity contribution is 0.460. The molecule has 2 N–H and O–H groups in total. The number of aromatic hydroxyl groups is 1. The third-order valence-electron chi connectivity index (χ3n) is 2.60. The Morgan fingerprint density at radius 2 is 2.18 bits per heavy atom. The minimum atomic E-state index is 0.202. The number of hydrogen-bond acceptors (Lipinski definition) is 4. The fraction of sp³-hybridized carbons (Fsp3) is 0.308. The van der Waals surface area contributed by atoms with Crippen LogP contribution in [0.3, 0.4) is 0 Å². The van der Waals surface area contributed by atoms with E-state index in [0.717, 1.165) is 10.6 Å². The van der Waals surface area contributed by atoms with Crippen molar-refractivity contribution in [2.45, 2.75) is 26.4 Å². The lowest BCUT2D eigenvalue weighted by atomic mass is 10.2. The van der Waals surface area contributed by atoms with Gasteiger partial charge in [-0.05, 0) is 19.9 Å². The van der Waals surface area contributed by atoms with Crippen LogP contribution in [0.15, 0.2) is 30.5 Å². The van der Waals surface area contributed by atoms with Crippen molar-refractivity contribution >= 4 is 11.3 Å². The van der Waals surface area contributed by atoms with Gasteiger partial charge in [0.25, 0.3) is 0 Å². The van der Waals surface area contributed by atoms with Crippen LogP contribution >= 0.6 is 11.3 Å². The highest BCUT2D eigenvalue weighted by Crippen LogP contribution is 2.21. The van der Waals surface area contributed by atoms with Gasteiger partial charge in [0.1, 0.15) is 10.8 Å². The summed E-state index contributed by atoms with van der Waals surface area (Å²) in [6.07, 6.45) is 1.89. The molecule has 2 rings (SSSR count). The topological polar surface area (TPSA) is 45.2 Å². The first-order valence-electron chi connectivity index (χ1n) is 5.59. The molecule has 1 atom stereocenters. The molecular formula is C13H16N2OS. The van der Waals surface area contributed by atoms with Gasteiger partial charge in [-0.2, -0.15) is 0 Å². The van der Waals surface area contributed by atoms with Gasteiger partial charge in [0.15, 0.2) is 0 Å². The smallest absolute Gasteiger partial charge is 0.120 e. The van der Waals surface area contributed by atoms with E-state index in [1.165, 1.54) is 4.88 Å². The molecule has 0 spiro atoms. The summed E-state index contributed by atoms with van der Waals surface area (Å²) < 4.78 is 0. The molecule has 1 unspecified atom stereocenters. The summed E-state index contributed by atoms with van der Waals surface area (Å²) in [6.45, 7) is 4.78. The van der Waals surface area contributed by atoms with E-state index < -0.39 is 0 Å². The van der Waals surface area contributed by atoms with Crippen LogP contribution in [-0.4, -0.2) is 10.1 Å². The second kappa shape index (κ2) is 5.29. The number of aromatic nitrogens is 1. The summed E-state index contributed by atoms with van der Waals surface area (Å²) in [5, 5.41) is 14.1. The average molecular weight is 248 g/mol. The van der Waals surface area contributed by atoms with Crippen molar-refractivity contribution in [1.29, 1.82) is 0 Å². The van der Waals surface area contributed by atoms with Crippen LogP contribution in [0, 0.1) is 6.92 Å². The van der Waals surface area contributed by atoms with Crippen LogP contribution in [-0.2, 0) is 6.54 Å². The van der Waals surface area contributed by atoms with Gasteiger partial charge < -0.3 is 10.4 Å². The fourth-order valence-corrected chi connectivity index (χ4v) is 2.38. The minimum Gasteiger partial charge on any atom is -0.508 e. The van der Waals surface area contributed by atoms with Crippen molar-refractivity contribution in [3.8, 4) is 5.75 Å². The molecule has 1 aromatic carbocycles. The van der Waals surface area contributed by atoms with Crippen molar-refractivity contribution in [2.24, 2.45) is 0 Å². The van der Waals surface area contributed by atoms with Crippen molar-refractivity contribution in [3.63, 3.8) is 0 Å². The molecular weight excluding hydrogens is 232 g/mol. The molecule has 0 radical (unpaired) electrons. The number of aryl methyl sites for hydroxylation is 1. The normalized spacial score (nSPS) is 12.6. The Morgan fingerprint density at radius 1 is 1.41 bits per heavy atom. The number of nitrogens with zero attached hydrogens (tertiary/aromatic N) is 1. The number of benzene rings is 1. The minimum absolute atomic E-state index is 0.202. The maximum Gasteiger partial charge on any atom is 0.120 e. The van der Waals surface area contributed by atoms with E-state index in [1.54, 1.807) is 17.4 Å². The maximum absolute atomic E-state index is 9.65. The standard InChI is InChI=1S/C13H16N2OS/c1-9-7-15-13(17-9)10(2)14-8-11-5-3-4-6-12(11)16/h3-7,10,14,16H,8H2,1-2H3. The van der Waals surface area contributed by atoms with Gasteiger partial charge in [0.05, 0.1) is 6.04 Å². The molecule has 4 heteroatoms. The van der Waals surface area contributed by atoms with Gasteiger partial charge in [-0.1, -0.05) is 18.2 Å². The predicted octanol–water partition coefficient (Wildman–Crippen LogP) is 3.01. The summed E-state index contributed by atoms with van der Waals surface area (Å²) in [4.78, 5) is 5.56. The van der Waals surface area contributed by atoms with E-state index in [9.17, 15) is 5.11 Å². The highest BCUT2D eigenvalue weighted by molar-refractivity contribution is 7.11. The molecule has 0 aliphatic carbocycles. The van der Waals surface area contributed by atoms with E-state index in [2.05, 4.69) is 24.1 Å². The predicted molar refractivity (Wildman–Crippen MR) is 70.2 cm³/mol. The number of para-hydroxylation sites is 1. The number of hydrogen-bond donors (Lipinski definition) is 2. The lowest BCUT2D eigenvalue weighted by Gasteiger charge is -2.11. The first-order chi connectivity index (χ1) is 8.16. The van der Waals surface area contributed by atoms with E-state index in [-0.39, 0.29) is 6.04 Å². The SMILES string of the molecule is Cc1cnc(C(C)NCc2ccccc2O)s1. The molecule has 2 aromatic rings. The molecule has 17 heavy (non-hydrogen) atoms. The average Bonchev–Trinajstić information content (AvgIpc) is 2.74. The maximum atomic E-state index is 9.65. The van der Waals surface area contributed by atoms with Gasteiger partial charge >= 0.3 is 0 Å². The van der Waals surface area contributed by atoms with Crippen LogP contribution in [0.2, 0.25) is 0 Å². The van der Waals surface area contributed by atoms with E-state index >= 15 is 0 Å². The van der Waals surface area contributed by atoms with Gasteiger partial charge in [-0.15, -0.1) is 11.3 Å². The fourth-order valence-electron chi connectivity index (χ4n) is 1.58. The van der Waals surface area contributed by atoms with Crippen LogP contribution in [0.1, 0.15) is 28.4 Å². The Hall–Kier alpha value is -1.39. The van der Waals surface area contributed by atoms with Crippen LogP contribution in [0.5, 0.6) is 5.75 Å². The zero-order valence-electron chi connectivity index (χ0n) is 9.97. The zero-order chi connectivity index (χ0) is 12.3. The molecule has 0 aliphatic heterocycles. The van der Waals surface area contributed by atoms with E-state index in [1.807, 2.05) is 24.4 Å². The Labute approximate surface area is 105 Å². The highest BCUT2D eigenvalue weighted by Gasteiger charge is 2.09. The highest BCUT2D eigenvalue weighted by atomic mass is 32.1. The number of phenols is 1. The summed E-state index contributed by atoms with van der Waals surface area (Å²) >= 11 is 1.70. The van der Waals surface area contributed by atoms with Crippen molar-refractivity contribution < 1.29 is 5.11 Å². The summed E-state index contributed by atoms with van der Waals surface area (Å²) in [7, 11) is 0.